The van der Waals surface area contributed by atoms with Gasteiger partial charge in [0.05, 0.1) is 6.54 Å². The Balaban J connectivity index is 2.18. The molecule has 1 heterocycles. The molecular formula is C8H18N4O. The number of carbonyl (C=O) groups is 1. The first-order chi connectivity index (χ1) is 6.22. The van der Waals surface area contributed by atoms with Crippen LogP contribution < -0.4 is 11.5 Å². The van der Waals surface area contributed by atoms with Crippen LogP contribution in [-0.4, -0.2) is 61.5 Å². The molecule has 0 atom stereocenters. The number of carbonyl (C=O) groups excluding carboxylic acids is 1. The van der Waals surface area contributed by atoms with Gasteiger partial charge in [0, 0.05) is 39.3 Å². The Morgan fingerprint density at radius 2 is 1.69 bits per heavy atom. The molecule has 13 heavy (non-hydrogen) atoms. The number of amides is 1. The van der Waals surface area contributed by atoms with Crippen molar-refractivity contribution in [3.63, 3.8) is 0 Å². The summed E-state index contributed by atoms with van der Waals surface area (Å²) < 4.78 is 0. The predicted molar refractivity (Wildman–Crippen MR) is 51.1 cm³/mol. The summed E-state index contributed by atoms with van der Waals surface area (Å²) in [7, 11) is 0. The van der Waals surface area contributed by atoms with E-state index in [1.165, 1.54) is 0 Å². The van der Waals surface area contributed by atoms with Crippen LogP contribution in [0.5, 0.6) is 0 Å². The molecule has 0 saturated carbocycles. The van der Waals surface area contributed by atoms with E-state index in [9.17, 15) is 4.79 Å². The maximum absolute atomic E-state index is 10.6. The first-order valence-corrected chi connectivity index (χ1v) is 4.65. The molecule has 0 aliphatic carbocycles. The van der Waals surface area contributed by atoms with E-state index in [0.29, 0.717) is 13.1 Å². The molecule has 0 radical (unpaired) electrons. The maximum atomic E-state index is 10.6. The Morgan fingerprint density at radius 1 is 1.15 bits per heavy atom. The normalized spacial score (nSPS) is 20.4. The third-order valence-electron chi connectivity index (χ3n) is 2.29. The van der Waals surface area contributed by atoms with Crippen LogP contribution in [-0.2, 0) is 4.79 Å². The molecule has 0 aromatic heterocycles. The van der Waals surface area contributed by atoms with Crippen molar-refractivity contribution >= 4 is 5.91 Å². The summed E-state index contributed by atoms with van der Waals surface area (Å²) in [5.41, 5.74) is 10.5. The minimum absolute atomic E-state index is 0.243. The fraction of sp³-hybridized carbons (Fsp3) is 0.875. The first-order valence-electron chi connectivity index (χ1n) is 4.65. The van der Waals surface area contributed by atoms with Gasteiger partial charge in [-0.3, -0.25) is 14.6 Å². The average Bonchev–Trinajstić information content (AvgIpc) is 2.08. The number of piperazine rings is 1. The second-order valence-corrected chi connectivity index (χ2v) is 3.37. The molecule has 1 fully saturated rings. The average molecular weight is 186 g/mol. The maximum Gasteiger partial charge on any atom is 0.231 e. The molecule has 0 unspecified atom stereocenters. The Morgan fingerprint density at radius 3 is 2.15 bits per heavy atom. The van der Waals surface area contributed by atoms with Gasteiger partial charge in [0.1, 0.15) is 0 Å². The van der Waals surface area contributed by atoms with Gasteiger partial charge in [-0.1, -0.05) is 0 Å². The Labute approximate surface area is 78.6 Å². The van der Waals surface area contributed by atoms with Crippen molar-refractivity contribution in [1.29, 1.82) is 0 Å². The second kappa shape index (κ2) is 5.16. The third kappa shape index (κ3) is 3.71. The molecule has 0 spiro atoms. The molecule has 1 aliphatic heterocycles. The minimum Gasteiger partial charge on any atom is -0.369 e. The van der Waals surface area contributed by atoms with Crippen molar-refractivity contribution in [1.82, 2.24) is 9.80 Å². The van der Waals surface area contributed by atoms with Crippen LogP contribution >= 0.6 is 0 Å². The van der Waals surface area contributed by atoms with Crippen molar-refractivity contribution in [3.05, 3.63) is 0 Å². The van der Waals surface area contributed by atoms with Gasteiger partial charge in [-0.2, -0.15) is 0 Å². The Bertz CT molecular complexity index is 166. The molecule has 5 heteroatoms. The molecule has 1 amide bonds. The van der Waals surface area contributed by atoms with Crippen LogP contribution in [0.1, 0.15) is 0 Å². The lowest BCUT2D eigenvalue weighted by Gasteiger charge is -2.33. The molecule has 0 aromatic rings. The number of nitrogens with two attached hydrogens (primary N) is 2. The van der Waals surface area contributed by atoms with Crippen molar-refractivity contribution < 1.29 is 4.79 Å². The molecule has 76 valence electrons. The number of rotatable bonds is 4. The first kappa shape index (κ1) is 10.4. The summed E-state index contributed by atoms with van der Waals surface area (Å²) >= 11 is 0. The van der Waals surface area contributed by atoms with Crippen LogP contribution in [0.15, 0.2) is 0 Å². The molecule has 0 aromatic carbocycles. The van der Waals surface area contributed by atoms with Crippen LogP contribution in [0.2, 0.25) is 0 Å². The molecule has 0 bridgehead atoms. The van der Waals surface area contributed by atoms with Gasteiger partial charge < -0.3 is 11.5 Å². The van der Waals surface area contributed by atoms with E-state index in [0.717, 1.165) is 32.7 Å². The van der Waals surface area contributed by atoms with Crippen LogP contribution in [0.25, 0.3) is 0 Å². The number of hydrogen-bond donors (Lipinski definition) is 2. The fourth-order valence-corrected chi connectivity index (χ4v) is 1.57. The van der Waals surface area contributed by atoms with E-state index in [-0.39, 0.29) is 5.91 Å². The van der Waals surface area contributed by atoms with Crippen LogP contribution in [0, 0.1) is 0 Å². The van der Waals surface area contributed by atoms with Gasteiger partial charge in [0.2, 0.25) is 5.91 Å². The highest BCUT2D eigenvalue weighted by Crippen LogP contribution is 1.99. The van der Waals surface area contributed by atoms with Crippen LogP contribution in [0.3, 0.4) is 0 Å². The highest BCUT2D eigenvalue weighted by molar-refractivity contribution is 5.75. The topological polar surface area (TPSA) is 75.6 Å². The lowest BCUT2D eigenvalue weighted by Crippen LogP contribution is -2.49. The smallest absolute Gasteiger partial charge is 0.231 e. The van der Waals surface area contributed by atoms with Gasteiger partial charge in [0.15, 0.2) is 0 Å². The monoisotopic (exact) mass is 186 g/mol. The van der Waals surface area contributed by atoms with E-state index in [4.69, 9.17) is 11.5 Å². The van der Waals surface area contributed by atoms with E-state index >= 15 is 0 Å². The highest BCUT2D eigenvalue weighted by atomic mass is 16.1. The summed E-state index contributed by atoms with van der Waals surface area (Å²) in [4.78, 5) is 15.0. The summed E-state index contributed by atoms with van der Waals surface area (Å²) in [5, 5.41) is 0. The Kier molecular flexibility index (Phi) is 4.14. The lowest BCUT2D eigenvalue weighted by atomic mass is 10.3. The molecule has 1 rings (SSSR count). The van der Waals surface area contributed by atoms with E-state index in [1.807, 2.05) is 0 Å². The minimum atomic E-state index is -0.243. The quantitative estimate of drug-likeness (QED) is 0.535. The van der Waals surface area contributed by atoms with Crippen LogP contribution in [0.4, 0.5) is 0 Å². The molecule has 5 nitrogen and oxygen atoms in total. The van der Waals surface area contributed by atoms with E-state index < -0.39 is 0 Å². The summed E-state index contributed by atoms with van der Waals surface area (Å²) in [5.74, 6) is -0.243. The highest BCUT2D eigenvalue weighted by Gasteiger charge is 2.16. The summed E-state index contributed by atoms with van der Waals surface area (Å²) in [6.45, 7) is 5.86. The zero-order chi connectivity index (χ0) is 9.68. The van der Waals surface area contributed by atoms with Crippen molar-refractivity contribution in [3.8, 4) is 0 Å². The lowest BCUT2D eigenvalue weighted by molar-refractivity contribution is -0.119. The molecule has 1 aliphatic rings. The summed E-state index contributed by atoms with van der Waals surface area (Å²) in [6.07, 6.45) is 0. The van der Waals surface area contributed by atoms with Gasteiger partial charge >= 0.3 is 0 Å². The van der Waals surface area contributed by atoms with Crippen molar-refractivity contribution in [2.45, 2.75) is 0 Å². The van der Waals surface area contributed by atoms with Gasteiger partial charge in [0.25, 0.3) is 0 Å². The second-order valence-electron chi connectivity index (χ2n) is 3.37. The Hall–Kier alpha value is -0.650. The molecule has 1 saturated heterocycles. The standard InChI is InChI=1S/C8H18N4O/c9-1-2-11-3-5-12(6-4-11)7-8(10)13/h1-7,9H2,(H2,10,13). The van der Waals surface area contributed by atoms with Gasteiger partial charge in [-0.25, -0.2) is 0 Å². The molecular weight excluding hydrogens is 168 g/mol. The van der Waals surface area contributed by atoms with Crippen molar-refractivity contribution in [2.24, 2.45) is 11.5 Å². The van der Waals surface area contributed by atoms with E-state index in [1.54, 1.807) is 0 Å². The fourth-order valence-electron chi connectivity index (χ4n) is 1.57. The zero-order valence-electron chi connectivity index (χ0n) is 7.91. The number of primary amides is 1. The SMILES string of the molecule is NCCN1CCN(CC(N)=O)CC1. The summed E-state index contributed by atoms with van der Waals surface area (Å²) in [6, 6.07) is 0. The van der Waals surface area contributed by atoms with Gasteiger partial charge in [-0.15, -0.1) is 0 Å². The zero-order valence-corrected chi connectivity index (χ0v) is 7.91. The third-order valence-corrected chi connectivity index (χ3v) is 2.29. The largest absolute Gasteiger partial charge is 0.369 e. The number of hydrogen-bond acceptors (Lipinski definition) is 4. The molecule has 4 N–H and O–H groups in total. The van der Waals surface area contributed by atoms with Crippen molar-refractivity contribution in [2.75, 3.05) is 45.8 Å². The van der Waals surface area contributed by atoms with E-state index in [2.05, 4.69) is 9.80 Å². The number of nitrogens with zero attached hydrogens (tertiary/aromatic N) is 2. The van der Waals surface area contributed by atoms with Gasteiger partial charge in [-0.05, 0) is 0 Å². The predicted octanol–water partition coefficient (Wildman–Crippen LogP) is -1.95.